The molecule has 34 heavy (non-hydrogen) atoms. The van der Waals surface area contributed by atoms with Crippen LogP contribution in [0.15, 0.2) is 66.2 Å². The number of nitriles is 1. The maximum atomic E-state index is 13.1. The molecule has 4 rings (SSSR count). The van der Waals surface area contributed by atoms with E-state index in [0.717, 1.165) is 23.2 Å². The normalized spacial score (nSPS) is 12.8. The highest BCUT2D eigenvalue weighted by atomic mass is 35.5. The number of hydrogen-bond donors (Lipinski definition) is 0. The predicted molar refractivity (Wildman–Crippen MR) is 134 cm³/mol. The molecule has 0 aliphatic carbocycles. The Bertz CT molecular complexity index is 1300. The SMILES string of the molecule is CCOc1cc(/C=C(\C#N)C(=O)N2CCc3ccccc32)ccc1OCc1ccc(Cl)cc1Cl. The summed E-state index contributed by atoms with van der Waals surface area (Å²) in [5, 5.41) is 10.8. The summed E-state index contributed by atoms with van der Waals surface area (Å²) in [6.07, 6.45) is 2.35. The van der Waals surface area contributed by atoms with Gasteiger partial charge in [0.25, 0.3) is 5.91 Å². The van der Waals surface area contributed by atoms with Crippen molar-refractivity contribution in [1.29, 1.82) is 5.26 Å². The van der Waals surface area contributed by atoms with Crippen molar-refractivity contribution in [2.24, 2.45) is 0 Å². The fourth-order valence-corrected chi connectivity index (χ4v) is 4.26. The minimum atomic E-state index is -0.317. The predicted octanol–water partition coefficient (Wildman–Crippen LogP) is 6.47. The van der Waals surface area contributed by atoms with Gasteiger partial charge in [-0.05, 0) is 60.9 Å². The number of rotatable bonds is 7. The van der Waals surface area contributed by atoms with Gasteiger partial charge in [0, 0.05) is 27.8 Å². The molecule has 0 fully saturated rings. The molecule has 0 saturated heterocycles. The van der Waals surface area contributed by atoms with Gasteiger partial charge in [0.15, 0.2) is 11.5 Å². The van der Waals surface area contributed by atoms with E-state index in [1.54, 1.807) is 41.3 Å². The van der Waals surface area contributed by atoms with Crippen molar-refractivity contribution in [3.05, 3.63) is 93.0 Å². The van der Waals surface area contributed by atoms with Crippen molar-refractivity contribution in [3.63, 3.8) is 0 Å². The zero-order valence-electron chi connectivity index (χ0n) is 18.6. The number of halogens is 2. The highest BCUT2D eigenvalue weighted by Gasteiger charge is 2.26. The summed E-state index contributed by atoms with van der Waals surface area (Å²) < 4.78 is 11.7. The first kappa shape index (κ1) is 23.7. The topological polar surface area (TPSA) is 62.6 Å². The van der Waals surface area contributed by atoms with Crippen LogP contribution in [0, 0.1) is 11.3 Å². The van der Waals surface area contributed by atoms with Crippen LogP contribution in [0.25, 0.3) is 6.08 Å². The number of amides is 1. The van der Waals surface area contributed by atoms with Crippen LogP contribution in [0.2, 0.25) is 10.0 Å². The Kier molecular flexibility index (Phi) is 7.42. The lowest BCUT2D eigenvalue weighted by atomic mass is 10.1. The molecule has 1 heterocycles. The number of carbonyl (C=O) groups is 1. The fourth-order valence-electron chi connectivity index (χ4n) is 3.80. The maximum absolute atomic E-state index is 13.1. The van der Waals surface area contributed by atoms with E-state index in [1.165, 1.54) is 0 Å². The summed E-state index contributed by atoms with van der Waals surface area (Å²) in [5.74, 6) is 0.726. The van der Waals surface area contributed by atoms with Crippen LogP contribution in [-0.4, -0.2) is 19.1 Å². The van der Waals surface area contributed by atoms with Crippen LogP contribution in [0.4, 0.5) is 5.69 Å². The average Bonchev–Trinajstić information content (AvgIpc) is 3.27. The lowest BCUT2D eigenvalue weighted by molar-refractivity contribution is -0.114. The number of hydrogen-bond acceptors (Lipinski definition) is 4. The summed E-state index contributed by atoms with van der Waals surface area (Å²) >= 11 is 12.2. The monoisotopic (exact) mass is 492 g/mol. The molecule has 0 aromatic heterocycles. The van der Waals surface area contributed by atoms with Gasteiger partial charge < -0.3 is 14.4 Å². The Balaban J connectivity index is 1.56. The molecule has 0 spiro atoms. The average molecular weight is 493 g/mol. The molecule has 0 atom stereocenters. The van der Waals surface area contributed by atoms with E-state index >= 15 is 0 Å². The van der Waals surface area contributed by atoms with Crippen LogP contribution in [0.5, 0.6) is 11.5 Å². The van der Waals surface area contributed by atoms with Crippen molar-refractivity contribution in [2.45, 2.75) is 20.0 Å². The molecular weight excluding hydrogens is 471 g/mol. The number of ether oxygens (including phenoxy) is 2. The van der Waals surface area contributed by atoms with Gasteiger partial charge in [-0.1, -0.05) is 53.5 Å². The molecular formula is C27H22Cl2N2O3. The van der Waals surface area contributed by atoms with Gasteiger partial charge in [-0.15, -0.1) is 0 Å². The molecule has 3 aromatic rings. The van der Waals surface area contributed by atoms with Crippen molar-refractivity contribution >= 4 is 40.9 Å². The van der Waals surface area contributed by atoms with E-state index in [9.17, 15) is 10.1 Å². The zero-order valence-corrected chi connectivity index (χ0v) is 20.1. The molecule has 0 radical (unpaired) electrons. The number of benzene rings is 3. The van der Waals surface area contributed by atoms with E-state index in [-0.39, 0.29) is 18.1 Å². The summed E-state index contributed by atoms with van der Waals surface area (Å²) in [7, 11) is 0. The van der Waals surface area contributed by atoms with Gasteiger partial charge in [-0.2, -0.15) is 5.26 Å². The number of para-hydroxylation sites is 1. The van der Waals surface area contributed by atoms with Crippen LogP contribution < -0.4 is 14.4 Å². The molecule has 1 aliphatic rings. The molecule has 5 nitrogen and oxygen atoms in total. The Hall–Kier alpha value is -3.46. The summed E-state index contributed by atoms with van der Waals surface area (Å²) in [6.45, 7) is 3.10. The summed E-state index contributed by atoms with van der Waals surface area (Å²) in [5.41, 5.74) is 3.47. The highest BCUT2D eigenvalue weighted by molar-refractivity contribution is 6.35. The van der Waals surface area contributed by atoms with Crippen LogP contribution >= 0.6 is 23.2 Å². The largest absolute Gasteiger partial charge is 0.490 e. The standard InChI is InChI=1S/C27H22Cl2N2O3/c1-2-33-26-14-18(7-10-25(26)34-17-20-8-9-22(28)15-23(20)29)13-21(16-30)27(32)31-12-11-19-5-3-4-6-24(19)31/h3-10,13-15H,2,11-12,17H2,1H3/b21-13+. The Morgan fingerprint density at radius 3 is 2.68 bits per heavy atom. The van der Waals surface area contributed by atoms with Crippen LogP contribution in [-0.2, 0) is 17.8 Å². The van der Waals surface area contributed by atoms with Crippen molar-refractivity contribution in [1.82, 2.24) is 0 Å². The van der Waals surface area contributed by atoms with E-state index in [4.69, 9.17) is 32.7 Å². The van der Waals surface area contributed by atoms with E-state index in [0.29, 0.717) is 40.3 Å². The van der Waals surface area contributed by atoms with E-state index in [2.05, 4.69) is 6.07 Å². The number of anilines is 1. The first-order valence-electron chi connectivity index (χ1n) is 10.8. The van der Waals surface area contributed by atoms with E-state index in [1.807, 2.05) is 37.3 Å². The van der Waals surface area contributed by atoms with Crippen LogP contribution in [0.3, 0.4) is 0 Å². The first-order valence-corrected chi connectivity index (χ1v) is 11.6. The van der Waals surface area contributed by atoms with Crippen LogP contribution in [0.1, 0.15) is 23.6 Å². The maximum Gasteiger partial charge on any atom is 0.268 e. The van der Waals surface area contributed by atoms with Crippen molar-refractivity contribution in [2.75, 3.05) is 18.1 Å². The molecule has 0 bridgehead atoms. The van der Waals surface area contributed by atoms with Gasteiger partial charge in [-0.3, -0.25) is 4.79 Å². The third kappa shape index (κ3) is 5.20. The quantitative estimate of drug-likeness (QED) is 0.280. The minimum absolute atomic E-state index is 0.0563. The van der Waals surface area contributed by atoms with Gasteiger partial charge in [0.1, 0.15) is 18.2 Å². The molecule has 0 saturated carbocycles. The second-order valence-corrected chi connectivity index (χ2v) is 8.51. The molecule has 0 N–H and O–H groups in total. The first-order chi connectivity index (χ1) is 16.5. The molecule has 1 amide bonds. The van der Waals surface area contributed by atoms with Crippen molar-refractivity contribution < 1.29 is 14.3 Å². The third-order valence-corrected chi connectivity index (χ3v) is 6.05. The number of nitrogens with zero attached hydrogens (tertiary/aromatic N) is 2. The lowest BCUT2D eigenvalue weighted by Crippen LogP contribution is -2.29. The van der Waals surface area contributed by atoms with Gasteiger partial charge in [-0.25, -0.2) is 0 Å². The molecule has 172 valence electrons. The third-order valence-electron chi connectivity index (χ3n) is 5.46. The van der Waals surface area contributed by atoms with Gasteiger partial charge in [0.05, 0.1) is 6.61 Å². The number of fused-ring (bicyclic) bond motifs is 1. The Morgan fingerprint density at radius 1 is 1.09 bits per heavy atom. The highest BCUT2D eigenvalue weighted by Crippen LogP contribution is 2.32. The zero-order chi connectivity index (χ0) is 24.1. The second-order valence-electron chi connectivity index (χ2n) is 7.67. The summed E-state index contributed by atoms with van der Waals surface area (Å²) in [4.78, 5) is 14.7. The van der Waals surface area contributed by atoms with E-state index < -0.39 is 0 Å². The summed E-state index contributed by atoms with van der Waals surface area (Å²) in [6, 6.07) is 20.3. The molecule has 0 unspecified atom stereocenters. The lowest BCUT2D eigenvalue weighted by Gasteiger charge is -2.17. The minimum Gasteiger partial charge on any atom is -0.490 e. The molecule has 7 heteroatoms. The Morgan fingerprint density at radius 2 is 1.91 bits per heavy atom. The Labute approximate surface area is 208 Å². The molecule has 3 aromatic carbocycles. The number of carbonyl (C=O) groups excluding carboxylic acids is 1. The fraction of sp³-hybridized carbons (Fsp3) is 0.185. The smallest absolute Gasteiger partial charge is 0.268 e. The van der Waals surface area contributed by atoms with Crippen molar-refractivity contribution in [3.8, 4) is 17.6 Å². The van der Waals surface area contributed by atoms with Gasteiger partial charge in [0.2, 0.25) is 0 Å². The van der Waals surface area contributed by atoms with Gasteiger partial charge >= 0.3 is 0 Å². The molecule has 1 aliphatic heterocycles. The second kappa shape index (κ2) is 10.6.